The lowest BCUT2D eigenvalue weighted by Crippen LogP contribution is -2.48. The molecular formula is C18H31N5O. The summed E-state index contributed by atoms with van der Waals surface area (Å²) in [5.41, 5.74) is 0. The van der Waals surface area contributed by atoms with Gasteiger partial charge in [0.2, 0.25) is 0 Å². The predicted octanol–water partition coefficient (Wildman–Crippen LogP) is 3.05. The van der Waals surface area contributed by atoms with Crippen LogP contribution in [0.4, 0.5) is 4.79 Å². The molecule has 134 valence electrons. The molecule has 2 saturated carbocycles. The van der Waals surface area contributed by atoms with Crippen LogP contribution < -0.4 is 5.32 Å². The molecule has 1 heterocycles. The molecule has 0 radical (unpaired) electrons. The number of amides is 2. The molecule has 0 saturated heterocycles. The molecule has 0 aromatic carbocycles. The Kier molecular flexibility index (Phi) is 5.11. The highest BCUT2D eigenvalue weighted by molar-refractivity contribution is 5.74. The van der Waals surface area contributed by atoms with Gasteiger partial charge in [-0.25, -0.2) is 4.79 Å². The monoisotopic (exact) mass is 333 g/mol. The van der Waals surface area contributed by atoms with Crippen molar-refractivity contribution in [2.75, 3.05) is 7.05 Å². The number of hydrogen-bond acceptors (Lipinski definition) is 3. The van der Waals surface area contributed by atoms with Crippen molar-refractivity contribution in [1.82, 2.24) is 25.0 Å². The zero-order valence-electron chi connectivity index (χ0n) is 15.5. The summed E-state index contributed by atoms with van der Waals surface area (Å²) >= 11 is 0. The summed E-state index contributed by atoms with van der Waals surface area (Å²) in [6.07, 6.45) is 7.24. The Morgan fingerprint density at radius 3 is 2.62 bits per heavy atom. The predicted molar refractivity (Wildman–Crippen MR) is 93.6 cm³/mol. The van der Waals surface area contributed by atoms with Crippen LogP contribution in [0.3, 0.4) is 0 Å². The molecule has 2 fully saturated rings. The van der Waals surface area contributed by atoms with Crippen LogP contribution in [0, 0.1) is 11.8 Å². The maximum Gasteiger partial charge on any atom is 0.317 e. The molecule has 1 N–H and O–H groups in total. The van der Waals surface area contributed by atoms with E-state index in [0.717, 1.165) is 18.1 Å². The minimum atomic E-state index is 0.00326. The Balaban J connectivity index is 1.58. The molecule has 6 heteroatoms. The highest BCUT2D eigenvalue weighted by Crippen LogP contribution is 2.38. The average Bonchev–Trinajstić information content (AvgIpc) is 3.33. The molecule has 1 aromatic heterocycles. The second kappa shape index (κ2) is 7.11. The molecule has 24 heavy (non-hydrogen) atoms. The molecular weight excluding hydrogens is 302 g/mol. The third-order valence-electron chi connectivity index (χ3n) is 5.65. The van der Waals surface area contributed by atoms with Crippen LogP contribution >= 0.6 is 0 Å². The smallest absolute Gasteiger partial charge is 0.317 e. The van der Waals surface area contributed by atoms with Gasteiger partial charge in [-0.1, -0.05) is 26.7 Å². The number of carbonyl (C=O) groups excluding carboxylic acids is 1. The first-order chi connectivity index (χ1) is 11.5. The van der Waals surface area contributed by atoms with E-state index >= 15 is 0 Å². The van der Waals surface area contributed by atoms with Gasteiger partial charge in [-0.15, -0.1) is 10.2 Å². The van der Waals surface area contributed by atoms with Gasteiger partial charge >= 0.3 is 6.03 Å². The fourth-order valence-electron chi connectivity index (χ4n) is 3.90. The first-order valence-corrected chi connectivity index (χ1v) is 9.37. The number of carbonyl (C=O) groups is 1. The lowest BCUT2D eigenvalue weighted by atomic mass is 9.78. The van der Waals surface area contributed by atoms with Crippen LogP contribution in [0.5, 0.6) is 0 Å². The molecule has 0 bridgehead atoms. The van der Waals surface area contributed by atoms with E-state index in [1.54, 1.807) is 4.90 Å². The van der Waals surface area contributed by atoms with Gasteiger partial charge in [0.05, 0.1) is 6.54 Å². The molecule has 2 atom stereocenters. The van der Waals surface area contributed by atoms with E-state index in [4.69, 9.17) is 0 Å². The molecule has 0 aliphatic heterocycles. The molecule has 0 unspecified atom stereocenters. The number of hydrogen-bond donors (Lipinski definition) is 1. The molecule has 2 aliphatic rings. The Bertz CT molecular complexity index is 578. The van der Waals surface area contributed by atoms with Crippen molar-refractivity contribution >= 4 is 6.03 Å². The number of rotatable bonds is 5. The normalized spacial score (nSPS) is 24.2. The van der Waals surface area contributed by atoms with Crippen LogP contribution in [0.2, 0.25) is 0 Å². The number of urea groups is 1. The minimum absolute atomic E-state index is 0.00326. The highest BCUT2D eigenvalue weighted by Gasteiger charge is 2.31. The van der Waals surface area contributed by atoms with Crippen LogP contribution in [0.1, 0.15) is 69.9 Å². The fourth-order valence-corrected chi connectivity index (χ4v) is 3.90. The van der Waals surface area contributed by atoms with E-state index in [0.29, 0.717) is 30.3 Å². The molecule has 2 amide bonds. The summed E-state index contributed by atoms with van der Waals surface area (Å²) in [7, 11) is 3.85. The fraction of sp³-hybridized carbons (Fsp3) is 0.833. The molecule has 3 rings (SSSR count). The lowest BCUT2D eigenvalue weighted by Gasteiger charge is -2.35. The largest absolute Gasteiger partial charge is 0.335 e. The van der Waals surface area contributed by atoms with Gasteiger partial charge in [0.1, 0.15) is 5.82 Å². The van der Waals surface area contributed by atoms with Gasteiger partial charge in [-0.2, -0.15) is 0 Å². The van der Waals surface area contributed by atoms with Crippen molar-refractivity contribution in [2.45, 2.75) is 70.9 Å². The van der Waals surface area contributed by atoms with E-state index in [2.05, 4.69) is 33.9 Å². The van der Waals surface area contributed by atoms with Crippen molar-refractivity contribution in [1.29, 1.82) is 0 Å². The highest BCUT2D eigenvalue weighted by atomic mass is 16.2. The van der Waals surface area contributed by atoms with Crippen LogP contribution in [-0.4, -0.2) is 38.8 Å². The van der Waals surface area contributed by atoms with E-state index in [1.165, 1.54) is 32.1 Å². The number of aromatic nitrogens is 3. The van der Waals surface area contributed by atoms with Gasteiger partial charge in [0, 0.05) is 26.1 Å². The Labute approximate surface area is 145 Å². The van der Waals surface area contributed by atoms with Gasteiger partial charge in [0.15, 0.2) is 5.82 Å². The molecule has 2 aliphatic carbocycles. The minimum Gasteiger partial charge on any atom is -0.335 e. The Hall–Kier alpha value is -1.59. The second-order valence-electron chi connectivity index (χ2n) is 7.91. The summed E-state index contributed by atoms with van der Waals surface area (Å²) < 4.78 is 2.05. The van der Waals surface area contributed by atoms with Crippen LogP contribution in [0.25, 0.3) is 0 Å². The number of nitrogens with zero attached hydrogens (tertiary/aromatic N) is 4. The maximum absolute atomic E-state index is 12.6. The van der Waals surface area contributed by atoms with Gasteiger partial charge < -0.3 is 14.8 Å². The van der Waals surface area contributed by atoms with E-state index in [9.17, 15) is 4.79 Å². The van der Waals surface area contributed by atoms with Crippen molar-refractivity contribution in [3.63, 3.8) is 0 Å². The first-order valence-electron chi connectivity index (χ1n) is 9.37. The number of nitrogens with one attached hydrogen (secondary N) is 1. The summed E-state index contributed by atoms with van der Waals surface area (Å²) in [5.74, 6) is 3.70. The van der Waals surface area contributed by atoms with E-state index in [1.807, 2.05) is 14.1 Å². The third kappa shape index (κ3) is 3.73. The van der Waals surface area contributed by atoms with Crippen molar-refractivity contribution in [3.8, 4) is 0 Å². The zero-order valence-corrected chi connectivity index (χ0v) is 15.5. The Morgan fingerprint density at radius 1 is 1.25 bits per heavy atom. The molecule has 1 aromatic rings. The summed E-state index contributed by atoms with van der Waals surface area (Å²) in [6.45, 7) is 5.02. The molecule has 0 spiro atoms. The van der Waals surface area contributed by atoms with Gasteiger partial charge in [-0.05, 0) is 37.5 Å². The summed E-state index contributed by atoms with van der Waals surface area (Å²) in [4.78, 5) is 14.3. The van der Waals surface area contributed by atoms with Gasteiger partial charge in [-0.3, -0.25) is 0 Å². The SMILES string of the molecule is CC(C)[C@H]1CCCC[C@@H]1NC(=O)N(C)Cc1nnc(C2CC2)n1C. The Morgan fingerprint density at radius 2 is 1.96 bits per heavy atom. The quantitative estimate of drug-likeness (QED) is 0.901. The summed E-state index contributed by atoms with van der Waals surface area (Å²) in [5, 5.41) is 11.8. The van der Waals surface area contributed by atoms with Crippen molar-refractivity contribution in [2.24, 2.45) is 18.9 Å². The first kappa shape index (κ1) is 17.2. The third-order valence-corrected chi connectivity index (χ3v) is 5.65. The van der Waals surface area contributed by atoms with Gasteiger partial charge in [0.25, 0.3) is 0 Å². The zero-order chi connectivity index (χ0) is 17.3. The van der Waals surface area contributed by atoms with E-state index in [-0.39, 0.29) is 6.03 Å². The van der Waals surface area contributed by atoms with Crippen LogP contribution in [0.15, 0.2) is 0 Å². The second-order valence-corrected chi connectivity index (χ2v) is 7.91. The maximum atomic E-state index is 12.6. The summed E-state index contributed by atoms with van der Waals surface area (Å²) in [6, 6.07) is 0.304. The molecule has 6 nitrogen and oxygen atoms in total. The van der Waals surface area contributed by atoms with Crippen LogP contribution in [-0.2, 0) is 13.6 Å². The van der Waals surface area contributed by atoms with E-state index < -0.39 is 0 Å². The lowest BCUT2D eigenvalue weighted by molar-refractivity contribution is 0.172. The topological polar surface area (TPSA) is 63.1 Å². The standard InChI is InChI=1S/C18H31N5O/c1-12(2)14-7-5-6-8-15(14)19-18(24)22(3)11-16-20-21-17(23(16)4)13-9-10-13/h12-15H,5-11H2,1-4H3,(H,19,24)/t14-,15+/m1/s1. The average molecular weight is 333 g/mol. The van der Waals surface area contributed by atoms with Crippen molar-refractivity contribution < 1.29 is 4.79 Å². The van der Waals surface area contributed by atoms with Crippen molar-refractivity contribution in [3.05, 3.63) is 11.6 Å².